The maximum atomic E-state index is 5.60. The second-order valence-electron chi connectivity index (χ2n) is 6.43. The largest absolute Gasteiger partial charge is 0.481 e. The van der Waals surface area contributed by atoms with Crippen LogP contribution in [-0.4, -0.2) is 42.7 Å². The minimum absolute atomic E-state index is 0.237. The number of hydrogen-bond donors (Lipinski definition) is 0. The number of ether oxygens (including phenoxy) is 4. The second-order valence-corrected chi connectivity index (χ2v) is 6.43. The molecule has 144 valence electrons. The maximum Gasteiger partial charge on any atom is 0.321 e. The summed E-state index contributed by atoms with van der Waals surface area (Å²) in [6.07, 6.45) is 0.724. The first-order chi connectivity index (χ1) is 13.7. The molecule has 0 radical (unpaired) electrons. The van der Waals surface area contributed by atoms with Crippen molar-refractivity contribution in [1.82, 2.24) is 15.1 Å². The van der Waals surface area contributed by atoms with Crippen molar-refractivity contribution in [3.63, 3.8) is 0 Å². The van der Waals surface area contributed by atoms with Gasteiger partial charge in [-0.2, -0.15) is 9.97 Å². The van der Waals surface area contributed by atoms with Gasteiger partial charge < -0.3 is 28.4 Å². The van der Waals surface area contributed by atoms with E-state index in [4.69, 9.17) is 23.5 Å². The van der Waals surface area contributed by atoms with Gasteiger partial charge in [-0.3, -0.25) is 0 Å². The van der Waals surface area contributed by atoms with Crippen LogP contribution in [0.15, 0.2) is 28.8 Å². The topological polar surface area (TPSA) is 92.0 Å². The van der Waals surface area contributed by atoms with Crippen molar-refractivity contribution in [1.29, 1.82) is 0 Å². The molecule has 3 aromatic rings. The average molecular weight is 382 g/mol. The van der Waals surface area contributed by atoms with E-state index < -0.39 is 0 Å². The van der Waals surface area contributed by atoms with Crippen LogP contribution in [0.4, 0.5) is 5.82 Å². The number of aromatic nitrogens is 3. The molecule has 0 amide bonds. The highest BCUT2D eigenvalue weighted by Gasteiger charge is 2.27. The van der Waals surface area contributed by atoms with E-state index in [0.29, 0.717) is 18.2 Å². The van der Waals surface area contributed by atoms with E-state index in [1.807, 2.05) is 18.2 Å². The van der Waals surface area contributed by atoms with Crippen molar-refractivity contribution in [2.75, 3.05) is 32.5 Å². The van der Waals surface area contributed by atoms with E-state index in [0.717, 1.165) is 47.1 Å². The Morgan fingerprint density at radius 3 is 2.79 bits per heavy atom. The predicted octanol–water partition coefficient (Wildman–Crippen LogP) is 2.44. The Morgan fingerprint density at radius 1 is 1.04 bits per heavy atom. The summed E-state index contributed by atoms with van der Waals surface area (Å²) >= 11 is 0. The van der Waals surface area contributed by atoms with E-state index in [1.165, 1.54) is 7.11 Å². The summed E-state index contributed by atoms with van der Waals surface area (Å²) in [5.74, 6) is 3.52. The van der Waals surface area contributed by atoms with Crippen molar-refractivity contribution in [3.8, 4) is 34.6 Å². The zero-order valence-corrected chi connectivity index (χ0v) is 15.5. The molecule has 0 atom stereocenters. The van der Waals surface area contributed by atoms with Gasteiger partial charge in [0.1, 0.15) is 17.3 Å². The first kappa shape index (κ1) is 16.7. The van der Waals surface area contributed by atoms with E-state index in [1.54, 1.807) is 13.2 Å². The summed E-state index contributed by atoms with van der Waals surface area (Å²) in [4.78, 5) is 10.7. The van der Waals surface area contributed by atoms with Crippen LogP contribution >= 0.6 is 0 Å². The molecule has 0 bridgehead atoms. The van der Waals surface area contributed by atoms with Crippen LogP contribution < -0.4 is 23.8 Å². The second kappa shape index (κ2) is 6.59. The van der Waals surface area contributed by atoms with Gasteiger partial charge in [-0.05, 0) is 18.2 Å². The first-order valence-corrected chi connectivity index (χ1v) is 8.84. The maximum absolute atomic E-state index is 5.60. The normalized spacial score (nSPS) is 14.7. The van der Waals surface area contributed by atoms with Crippen molar-refractivity contribution >= 4 is 5.82 Å². The fraction of sp³-hybridized carbons (Fsp3) is 0.316. The molecule has 0 unspecified atom stereocenters. The molecule has 9 heteroatoms. The monoisotopic (exact) mass is 382 g/mol. The van der Waals surface area contributed by atoms with Crippen molar-refractivity contribution < 1.29 is 23.5 Å². The van der Waals surface area contributed by atoms with Gasteiger partial charge in [0.05, 0.1) is 20.8 Å². The zero-order chi connectivity index (χ0) is 19.1. The van der Waals surface area contributed by atoms with Crippen molar-refractivity contribution in [2.45, 2.75) is 13.0 Å². The van der Waals surface area contributed by atoms with Gasteiger partial charge in [0.2, 0.25) is 12.7 Å². The molecular weight excluding hydrogens is 364 g/mol. The third-order valence-electron chi connectivity index (χ3n) is 4.86. The fourth-order valence-corrected chi connectivity index (χ4v) is 3.43. The Hall–Kier alpha value is -3.49. The Balaban J connectivity index is 1.49. The number of hydrogen-bond acceptors (Lipinski definition) is 9. The predicted molar refractivity (Wildman–Crippen MR) is 98.0 cm³/mol. The molecule has 2 aliphatic rings. The quantitative estimate of drug-likeness (QED) is 0.674. The lowest BCUT2D eigenvalue weighted by Gasteiger charge is -2.27. The summed E-state index contributed by atoms with van der Waals surface area (Å²) in [7, 11) is 3.10. The highest BCUT2D eigenvalue weighted by Crippen LogP contribution is 2.38. The van der Waals surface area contributed by atoms with Crippen LogP contribution in [0.1, 0.15) is 11.3 Å². The molecule has 1 aromatic carbocycles. The number of fused-ring (bicyclic) bond motifs is 2. The first-order valence-electron chi connectivity index (χ1n) is 8.84. The molecule has 28 heavy (non-hydrogen) atoms. The minimum atomic E-state index is 0.237. The van der Waals surface area contributed by atoms with Crippen LogP contribution in [0.25, 0.3) is 11.3 Å². The van der Waals surface area contributed by atoms with Crippen molar-refractivity contribution in [2.24, 2.45) is 0 Å². The fourth-order valence-electron chi connectivity index (χ4n) is 3.43. The van der Waals surface area contributed by atoms with Crippen LogP contribution in [0, 0.1) is 0 Å². The molecule has 2 aromatic heterocycles. The Labute approximate surface area is 160 Å². The standard InChI is InChI=1S/C19H18N4O5/c1-24-17-8-16(20-19(21-17)25-2)23-6-5-13-12(9-23)18(22-28-13)11-3-4-14-15(7-11)27-10-26-14/h3-4,7-8H,5-6,9-10H2,1-2H3. The number of methoxy groups -OCH3 is 2. The molecule has 0 saturated heterocycles. The van der Waals surface area contributed by atoms with Gasteiger partial charge in [0.15, 0.2) is 11.5 Å². The molecule has 0 fully saturated rings. The Morgan fingerprint density at radius 2 is 1.93 bits per heavy atom. The molecule has 0 spiro atoms. The van der Waals surface area contributed by atoms with E-state index >= 15 is 0 Å². The molecule has 4 heterocycles. The minimum Gasteiger partial charge on any atom is -0.481 e. The molecular formula is C19H18N4O5. The van der Waals surface area contributed by atoms with Gasteiger partial charge >= 0.3 is 6.01 Å². The average Bonchev–Trinajstić information content (AvgIpc) is 3.38. The highest BCUT2D eigenvalue weighted by molar-refractivity contribution is 5.68. The van der Waals surface area contributed by atoms with E-state index in [9.17, 15) is 0 Å². The van der Waals surface area contributed by atoms with Gasteiger partial charge in [0, 0.05) is 30.2 Å². The summed E-state index contributed by atoms with van der Waals surface area (Å²) in [5.41, 5.74) is 2.75. The lowest BCUT2D eigenvalue weighted by molar-refractivity contribution is 0.174. The summed E-state index contributed by atoms with van der Waals surface area (Å²) < 4.78 is 26.9. The molecule has 0 N–H and O–H groups in total. The number of rotatable bonds is 4. The molecule has 2 aliphatic heterocycles. The molecule has 9 nitrogen and oxygen atoms in total. The third-order valence-corrected chi connectivity index (χ3v) is 4.86. The van der Waals surface area contributed by atoms with Crippen molar-refractivity contribution in [3.05, 3.63) is 35.6 Å². The lowest BCUT2D eigenvalue weighted by atomic mass is 10.0. The van der Waals surface area contributed by atoms with Crippen LogP contribution in [0.5, 0.6) is 23.4 Å². The summed E-state index contributed by atoms with van der Waals surface area (Å²) in [6, 6.07) is 7.83. The van der Waals surface area contributed by atoms with Crippen LogP contribution in [0.3, 0.4) is 0 Å². The van der Waals surface area contributed by atoms with E-state index in [-0.39, 0.29) is 12.8 Å². The van der Waals surface area contributed by atoms with Crippen LogP contribution in [-0.2, 0) is 13.0 Å². The smallest absolute Gasteiger partial charge is 0.321 e. The third kappa shape index (κ3) is 2.75. The lowest BCUT2D eigenvalue weighted by Crippen LogP contribution is -2.30. The highest BCUT2D eigenvalue weighted by atomic mass is 16.7. The molecule has 0 aliphatic carbocycles. The SMILES string of the molecule is COc1cc(N2CCc3onc(-c4ccc5c(c4)OCO5)c3C2)nc(OC)n1. The summed E-state index contributed by atoms with van der Waals surface area (Å²) in [6.45, 7) is 1.58. The zero-order valence-electron chi connectivity index (χ0n) is 15.5. The van der Waals surface area contributed by atoms with Gasteiger partial charge in [-0.25, -0.2) is 0 Å². The summed E-state index contributed by atoms with van der Waals surface area (Å²) in [5, 5.41) is 4.31. The molecule has 0 saturated carbocycles. The Bertz CT molecular complexity index is 1010. The van der Waals surface area contributed by atoms with Gasteiger partial charge in [-0.1, -0.05) is 5.16 Å². The number of nitrogens with zero attached hydrogens (tertiary/aromatic N) is 4. The van der Waals surface area contributed by atoms with Crippen LogP contribution in [0.2, 0.25) is 0 Å². The Kier molecular flexibility index (Phi) is 3.92. The van der Waals surface area contributed by atoms with Gasteiger partial charge in [0.25, 0.3) is 0 Å². The number of benzene rings is 1. The van der Waals surface area contributed by atoms with E-state index in [2.05, 4.69) is 20.0 Å². The van der Waals surface area contributed by atoms with Gasteiger partial charge in [-0.15, -0.1) is 0 Å². The number of anilines is 1. The molecule has 5 rings (SSSR count).